The summed E-state index contributed by atoms with van der Waals surface area (Å²) in [5, 5.41) is 9.56. The molecule has 1 saturated carbocycles. The van der Waals surface area contributed by atoms with Crippen LogP contribution in [0, 0.1) is 23.7 Å². The summed E-state index contributed by atoms with van der Waals surface area (Å²) in [5.74, 6) is 6.57. The van der Waals surface area contributed by atoms with Crippen LogP contribution in [0.4, 0.5) is 0 Å². The number of methoxy groups -OCH3 is 1. The zero-order valence-electron chi connectivity index (χ0n) is 21.2. The molecule has 0 unspecified atom stereocenters. The van der Waals surface area contributed by atoms with Crippen LogP contribution in [0.25, 0.3) is 0 Å². The maximum atomic E-state index is 13.5. The second-order valence-corrected chi connectivity index (χ2v) is 9.90. The van der Waals surface area contributed by atoms with Crippen LogP contribution in [0.1, 0.15) is 68.3 Å². The van der Waals surface area contributed by atoms with Crippen molar-refractivity contribution in [3.05, 3.63) is 65.6 Å². The van der Waals surface area contributed by atoms with E-state index in [1.807, 2.05) is 18.2 Å². The minimum atomic E-state index is -0.401. The van der Waals surface area contributed by atoms with Crippen LogP contribution in [0.5, 0.6) is 5.75 Å². The average molecular weight is 500 g/mol. The maximum absolute atomic E-state index is 13.5. The van der Waals surface area contributed by atoms with Crippen molar-refractivity contribution in [2.75, 3.05) is 7.11 Å². The number of nitrogens with zero attached hydrogens (tertiary/aromatic N) is 2. The SMILES string of the molecule is COc1ccc(C2=NN(C3CCCCCC3)C(=O)[C@@H]3CC=CC[C@H]23)cc1C#CC(=O)NCc1ccco1. The van der Waals surface area contributed by atoms with Crippen LogP contribution < -0.4 is 10.1 Å². The van der Waals surface area contributed by atoms with Gasteiger partial charge in [0.25, 0.3) is 5.91 Å². The van der Waals surface area contributed by atoms with Gasteiger partial charge in [-0.15, -0.1) is 0 Å². The summed E-state index contributed by atoms with van der Waals surface area (Å²) in [5.41, 5.74) is 2.44. The number of rotatable bonds is 5. The van der Waals surface area contributed by atoms with E-state index in [0.717, 1.165) is 49.8 Å². The van der Waals surface area contributed by atoms with Crippen molar-refractivity contribution in [2.24, 2.45) is 16.9 Å². The molecule has 37 heavy (non-hydrogen) atoms. The number of amides is 2. The van der Waals surface area contributed by atoms with E-state index in [9.17, 15) is 9.59 Å². The van der Waals surface area contributed by atoms with Crippen LogP contribution >= 0.6 is 0 Å². The lowest BCUT2D eigenvalue weighted by Crippen LogP contribution is -2.49. The molecule has 1 fully saturated rings. The zero-order valence-corrected chi connectivity index (χ0v) is 21.2. The number of ether oxygens (including phenoxy) is 1. The zero-order chi connectivity index (χ0) is 25.6. The Bertz CT molecular complexity index is 1240. The monoisotopic (exact) mass is 499 g/mol. The summed E-state index contributed by atoms with van der Waals surface area (Å²) in [6.07, 6.45) is 14.1. The molecule has 0 radical (unpaired) electrons. The highest BCUT2D eigenvalue weighted by Gasteiger charge is 2.42. The van der Waals surface area contributed by atoms with E-state index in [2.05, 4.69) is 29.3 Å². The first kappa shape index (κ1) is 24.9. The fourth-order valence-corrected chi connectivity index (χ4v) is 5.55. The van der Waals surface area contributed by atoms with E-state index in [-0.39, 0.29) is 30.3 Å². The van der Waals surface area contributed by atoms with Gasteiger partial charge in [0.1, 0.15) is 11.5 Å². The number of nitrogens with one attached hydrogen (secondary N) is 1. The van der Waals surface area contributed by atoms with Gasteiger partial charge in [-0.1, -0.05) is 43.8 Å². The summed E-state index contributed by atoms with van der Waals surface area (Å²) >= 11 is 0. The first-order chi connectivity index (χ1) is 18.1. The number of carbonyl (C=O) groups is 2. The van der Waals surface area contributed by atoms with Gasteiger partial charge < -0.3 is 14.5 Å². The van der Waals surface area contributed by atoms with Gasteiger partial charge in [0.2, 0.25) is 5.91 Å². The molecule has 2 amide bonds. The highest BCUT2D eigenvalue weighted by molar-refractivity contribution is 6.07. The third-order valence-electron chi connectivity index (χ3n) is 7.52. The van der Waals surface area contributed by atoms with Crippen LogP contribution in [0.2, 0.25) is 0 Å². The summed E-state index contributed by atoms with van der Waals surface area (Å²) in [7, 11) is 1.59. The molecule has 2 heterocycles. The fourth-order valence-electron chi connectivity index (χ4n) is 5.55. The number of carbonyl (C=O) groups excluding carboxylic acids is 2. The maximum Gasteiger partial charge on any atom is 0.296 e. The standard InChI is InChI=1S/C30H33N3O4/c1-36-27-16-14-22(19-21(27)15-17-28(34)31-20-24-11-8-18-37-24)29-25-12-6-7-13-26(25)30(35)33(32-29)23-9-4-2-3-5-10-23/h6-8,11,14,16,18-19,23,25-26H,2-5,9-10,12-13,20H2,1H3,(H,31,34)/t25-,26+/m0/s1. The van der Waals surface area contributed by atoms with Crippen molar-refractivity contribution in [2.45, 2.75) is 64.0 Å². The predicted molar refractivity (Wildman–Crippen MR) is 141 cm³/mol. The Morgan fingerprint density at radius 2 is 1.92 bits per heavy atom. The third kappa shape index (κ3) is 5.64. The minimum Gasteiger partial charge on any atom is -0.495 e. The molecule has 2 aliphatic carbocycles. The molecule has 0 bridgehead atoms. The molecule has 7 nitrogen and oxygen atoms in total. The highest BCUT2D eigenvalue weighted by atomic mass is 16.5. The number of fused-ring (bicyclic) bond motifs is 1. The second kappa shape index (κ2) is 11.5. The molecule has 2 atom stereocenters. The summed E-state index contributed by atoms with van der Waals surface area (Å²) < 4.78 is 10.8. The smallest absolute Gasteiger partial charge is 0.296 e. The molecule has 2 aromatic rings. The van der Waals surface area contributed by atoms with Gasteiger partial charge in [0, 0.05) is 11.8 Å². The molecule has 1 N–H and O–H groups in total. The second-order valence-electron chi connectivity index (χ2n) is 9.90. The van der Waals surface area contributed by atoms with E-state index in [0.29, 0.717) is 17.1 Å². The number of hydrogen-bond acceptors (Lipinski definition) is 5. The topological polar surface area (TPSA) is 84.1 Å². The number of hydrogen-bond donors (Lipinski definition) is 1. The molecule has 1 aromatic carbocycles. The van der Waals surface area contributed by atoms with Gasteiger partial charge in [-0.2, -0.15) is 5.10 Å². The quantitative estimate of drug-likeness (QED) is 0.364. The summed E-state index contributed by atoms with van der Waals surface area (Å²) in [6.45, 7) is 0.274. The van der Waals surface area contributed by atoms with Gasteiger partial charge in [0.15, 0.2) is 0 Å². The predicted octanol–water partition coefficient (Wildman–Crippen LogP) is 4.81. The Hall–Kier alpha value is -3.79. The van der Waals surface area contributed by atoms with Crippen LogP contribution in [0.15, 0.2) is 58.3 Å². The molecular weight excluding hydrogens is 466 g/mol. The summed E-state index contributed by atoms with van der Waals surface area (Å²) in [4.78, 5) is 25.9. The molecular formula is C30H33N3O4. The lowest BCUT2D eigenvalue weighted by Gasteiger charge is -2.40. The van der Waals surface area contributed by atoms with E-state index in [1.165, 1.54) is 12.8 Å². The minimum absolute atomic E-state index is 0.0327. The molecule has 1 aliphatic heterocycles. The van der Waals surface area contributed by atoms with Crippen LogP contribution in [0.3, 0.4) is 0 Å². The van der Waals surface area contributed by atoms with Crippen molar-refractivity contribution in [3.8, 4) is 17.6 Å². The van der Waals surface area contributed by atoms with E-state index in [1.54, 1.807) is 30.5 Å². The van der Waals surface area contributed by atoms with Crippen molar-refractivity contribution >= 4 is 17.5 Å². The van der Waals surface area contributed by atoms with Gasteiger partial charge >= 0.3 is 0 Å². The van der Waals surface area contributed by atoms with Gasteiger partial charge in [0.05, 0.1) is 43.2 Å². The van der Waals surface area contributed by atoms with Crippen LogP contribution in [-0.4, -0.2) is 35.7 Å². The number of benzene rings is 1. The van der Waals surface area contributed by atoms with Crippen molar-refractivity contribution in [1.82, 2.24) is 10.3 Å². The molecule has 0 saturated heterocycles. The Balaban J connectivity index is 1.44. The van der Waals surface area contributed by atoms with Crippen molar-refractivity contribution < 1.29 is 18.7 Å². The van der Waals surface area contributed by atoms with Crippen molar-refractivity contribution in [1.29, 1.82) is 0 Å². The summed E-state index contributed by atoms with van der Waals surface area (Å²) in [6, 6.07) is 9.50. The normalized spacial score (nSPS) is 21.8. The van der Waals surface area contributed by atoms with Gasteiger partial charge in [-0.3, -0.25) is 9.59 Å². The lowest BCUT2D eigenvalue weighted by molar-refractivity contribution is -0.140. The largest absolute Gasteiger partial charge is 0.495 e. The average Bonchev–Trinajstić information content (AvgIpc) is 3.32. The van der Waals surface area contributed by atoms with Gasteiger partial charge in [-0.05, 0) is 61.6 Å². The molecule has 5 rings (SSSR count). The Labute approximate surface area is 217 Å². The highest BCUT2D eigenvalue weighted by Crippen LogP contribution is 2.37. The molecule has 1 aromatic heterocycles. The van der Waals surface area contributed by atoms with Crippen LogP contribution in [-0.2, 0) is 16.1 Å². The number of furan rings is 1. The Morgan fingerprint density at radius 3 is 2.65 bits per heavy atom. The Kier molecular flexibility index (Phi) is 7.74. The third-order valence-corrected chi connectivity index (χ3v) is 7.52. The molecule has 0 spiro atoms. The number of hydrazone groups is 1. The molecule has 7 heteroatoms. The van der Waals surface area contributed by atoms with E-state index < -0.39 is 5.91 Å². The lowest BCUT2D eigenvalue weighted by atomic mass is 9.76. The van der Waals surface area contributed by atoms with E-state index >= 15 is 0 Å². The fraction of sp³-hybridized carbons (Fsp3) is 0.433. The van der Waals surface area contributed by atoms with Gasteiger partial charge in [-0.25, -0.2) is 5.01 Å². The van der Waals surface area contributed by atoms with E-state index in [4.69, 9.17) is 14.3 Å². The van der Waals surface area contributed by atoms with Crippen molar-refractivity contribution in [3.63, 3.8) is 0 Å². The first-order valence-corrected chi connectivity index (χ1v) is 13.2. The first-order valence-electron chi connectivity index (χ1n) is 13.2. The molecule has 192 valence electrons. The molecule has 3 aliphatic rings. The number of allylic oxidation sites excluding steroid dienone is 2. The Morgan fingerprint density at radius 1 is 1.14 bits per heavy atom.